The maximum absolute atomic E-state index is 13.2. The van der Waals surface area contributed by atoms with Gasteiger partial charge in [-0.3, -0.25) is 9.59 Å². The Bertz CT molecular complexity index is 833. The lowest BCUT2D eigenvalue weighted by Crippen LogP contribution is -2.31. The van der Waals surface area contributed by atoms with Gasteiger partial charge in [0.15, 0.2) is 0 Å². The van der Waals surface area contributed by atoms with Gasteiger partial charge in [-0.1, -0.05) is 25.5 Å². The van der Waals surface area contributed by atoms with E-state index < -0.39 is 0 Å². The summed E-state index contributed by atoms with van der Waals surface area (Å²) in [6, 6.07) is 11.8. The highest BCUT2D eigenvalue weighted by molar-refractivity contribution is 5.97. The number of fused-ring (bicyclic) bond motifs is 1. The number of carbonyl (C=O) groups is 2. The van der Waals surface area contributed by atoms with Crippen LogP contribution in [0.3, 0.4) is 0 Å². The lowest BCUT2D eigenvalue weighted by Gasteiger charge is -2.23. The minimum Gasteiger partial charge on any atom is -0.334 e. The van der Waals surface area contributed by atoms with Crippen molar-refractivity contribution in [1.29, 1.82) is 0 Å². The smallest absolute Gasteiger partial charge is 0.254 e. The number of benzene rings is 2. The van der Waals surface area contributed by atoms with Crippen LogP contribution >= 0.6 is 0 Å². The molecule has 3 rings (SSSR count). The fourth-order valence-corrected chi connectivity index (χ4v) is 3.46. The molecule has 1 aliphatic heterocycles. The maximum Gasteiger partial charge on any atom is 0.254 e. The van der Waals surface area contributed by atoms with Gasteiger partial charge in [-0.2, -0.15) is 0 Å². The summed E-state index contributed by atoms with van der Waals surface area (Å²) >= 11 is 0. The second-order valence-corrected chi connectivity index (χ2v) is 6.97. The maximum atomic E-state index is 13.2. The molecule has 0 bridgehead atoms. The third kappa shape index (κ3) is 4.35. The van der Waals surface area contributed by atoms with E-state index >= 15 is 0 Å². The number of rotatable bonds is 6. The summed E-state index contributed by atoms with van der Waals surface area (Å²) in [5, 5.41) is 0. The predicted octanol–water partition coefficient (Wildman–Crippen LogP) is 4.18. The number of nitrogens with zero attached hydrogens (tertiary/aromatic N) is 2. The minimum absolute atomic E-state index is 0.0220. The van der Waals surface area contributed by atoms with Gasteiger partial charge in [-0.05, 0) is 54.3 Å². The van der Waals surface area contributed by atoms with Crippen LogP contribution in [0.4, 0.5) is 10.1 Å². The first-order chi connectivity index (χ1) is 13.0. The van der Waals surface area contributed by atoms with Crippen molar-refractivity contribution in [3.63, 3.8) is 0 Å². The fraction of sp³-hybridized carbons (Fsp3) is 0.364. The van der Waals surface area contributed by atoms with Gasteiger partial charge in [0.1, 0.15) is 5.82 Å². The average Bonchev–Trinajstić information content (AvgIpc) is 3.09. The Morgan fingerprint density at radius 2 is 1.89 bits per heavy atom. The van der Waals surface area contributed by atoms with Crippen LogP contribution in [0, 0.1) is 5.82 Å². The first-order valence-corrected chi connectivity index (χ1v) is 9.44. The molecule has 4 nitrogen and oxygen atoms in total. The number of unbranched alkanes of at least 4 members (excludes halogenated alkanes) is 1. The molecular weight excluding hydrogens is 343 g/mol. The Labute approximate surface area is 159 Å². The standard InChI is InChI=1S/C22H25FN2O2/c1-3-4-12-24(15-17-5-8-20(23)9-6-17)22(27)19-7-10-21-18(14-19)11-13-25(21)16(2)26/h5-10,14H,3-4,11-13,15H2,1-2H3. The molecule has 0 N–H and O–H groups in total. The zero-order valence-corrected chi connectivity index (χ0v) is 15.9. The predicted molar refractivity (Wildman–Crippen MR) is 104 cm³/mol. The molecule has 0 saturated heterocycles. The first kappa shape index (κ1) is 19.1. The van der Waals surface area contributed by atoms with Gasteiger partial charge < -0.3 is 9.80 Å². The van der Waals surface area contributed by atoms with Crippen LogP contribution in [0.25, 0.3) is 0 Å². The summed E-state index contributed by atoms with van der Waals surface area (Å²) in [7, 11) is 0. The van der Waals surface area contributed by atoms with E-state index in [0.29, 0.717) is 25.2 Å². The van der Waals surface area contributed by atoms with E-state index in [0.717, 1.165) is 36.1 Å². The van der Waals surface area contributed by atoms with E-state index in [4.69, 9.17) is 0 Å². The van der Waals surface area contributed by atoms with E-state index in [1.54, 1.807) is 30.0 Å². The molecule has 0 radical (unpaired) electrons. The molecule has 142 valence electrons. The number of anilines is 1. The molecule has 0 spiro atoms. The third-order valence-corrected chi connectivity index (χ3v) is 4.96. The molecule has 27 heavy (non-hydrogen) atoms. The van der Waals surface area contributed by atoms with Crippen LogP contribution in [0.2, 0.25) is 0 Å². The van der Waals surface area contributed by atoms with E-state index in [1.807, 2.05) is 17.0 Å². The van der Waals surface area contributed by atoms with Gasteiger partial charge in [-0.15, -0.1) is 0 Å². The van der Waals surface area contributed by atoms with Crippen molar-refractivity contribution in [3.05, 3.63) is 65.0 Å². The van der Waals surface area contributed by atoms with E-state index in [1.165, 1.54) is 12.1 Å². The summed E-state index contributed by atoms with van der Waals surface area (Å²) in [5.41, 5.74) is 3.48. The lowest BCUT2D eigenvalue weighted by molar-refractivity contribution is -0.116. The van der Waals surface area contributed by atoms with Crippen LogP contribution in [0.15, 0.2) is 42.5 Å². The van der Waals surface area contributed by atoms with Crippen molar-refractivity contribution in [2.45, 2.75) is 39.7 Å². The van der Waals surface area contributed by atoms with Crippen LogP contribution in [0.5, 0.6) is 0 Å². The Balaban J connectivity index is 1.81. The van der Waals surface area contributed by atoms with Gasteiger partial charge in [0.25, 0.3) is 5.91 Å². The molecule has 0 aliphatic carbocycles. The van der Waals surface area contributed by atoms with Crippen LogP contribution < -0.4 is 4.90 Å². The molecular formula is C22H25FN2O2. The van der Waals surface area contributed by atoms with E-state index in [-0.39, 0.29) is 17.6 Å². The normalized spacial score (nSPS) is 12.8. The largest absolute Gasteiger partial charge is 0.334 e. The molecule has 0 atom stereocenters. The van der Waals surface area contributed by atoms with Crippen LogP contribution in [0.1, 0.15) is 48.2 Å². The Kier molecular flexibility index (Phi) is 5.89. The topological polar surface area (TPSA) is 40.6 Å². The zero-order chi connectivity index (χ0) is 19.4. The minimum atomic E-state index is -0.279. The van der Waals surface area contributed by atoms with Gasteiger partial charge in [0.05, 0.1) is 0 Å². The second-order valence-electron chi connectivity index (χ2n) is 6.97. The fourth-order valence-electron chi connectivity index (χ4n) is 3.46. The zero-order valence-electron chi connectivity index (χ0n) is 15.9. The second kappa shape index (κ2) is 8.33. The summed E-state index contributed by atoms with van der Waals surface area (Å²) in [6.45, 7) is 5.42. The summed E-state index contributed by atoms with van der Waals surface area (Å²) < 4.78 is 13.2. The molecule has 0 saturated carbocycles. The highest BCUT2D eigenvalue weighted by Crippen LogP contribution is 2.29. The van der Waals surface area contributed by atoms with Crippen molar-refractivity contribution in [2.75, 3.05) is 18.0 Å². The average molecular weight is 368 g/mol. The number of amides is 2. The molecule has 0 fully saturated rings. The quantitative estimate of drug-likeness (QED) is 0.768. The van der Waals surface area contributed by atoms with Crippen molar-refractivity contribution in [1.82, 2.24) is 4.90 Å². The SMILES string of the molecule is CCCCN(Cc1ccc(F)cc1)C(=O)c1ccc2c(c1)CCN2C(C)=O. The number of halogens is 1. The number of carbonyl (C=O) groups excluding carboxylic acids is 2. The van der Waals surface area contributed by atoms with Gasteiger partial charge in [-0.25, -0.2) is 4.39 Å². The third-order valence-electron chi connectivity index (χ3n) is 4.96. The summed E-state index contributed by atoms with van der Waals surface area (Å²) in [4.78, 5) is 28.4. The van der Waals surface area contributed by atoms with E-state index in [2.05, 4.69) is 6.92 Å². The molecule has 5 heteroatoms. The first-order valence-electron chi connectivity index (χ1n) is 9.44. The van der Waals surface area contributed by atoms with Gasteiger partial charge >= 0.3 is 0 Å². The lowest BCUT2D eigenvalue weighted by atomic mass is 10.1. The monoisotopic (exact) mass is 368 g/mol. The molecule has 1 heterocycles. The Morgan fingerprint density at radius 1 is 1.15 bits per heavy atom. The van der Waals surface area contributed by atoms with Crippen LogP contribution in [-0.4, -0.2) is 29.8 Å². The van der Waals surface area contributed by atoms with Crippen molar-refractivity contribution in [3.8, 4) is 0 Å². The number of hydrogen-bond acceptors (Lipinski definition) is 2. The molecule has 0 unspecified atom stereocenters. The summed E-state index contributed by atoms with van der Waals surface area (Å²) in [6.07, 6.45) is 2.67. The number of hydrogen-bond donors (Lipinski definition) is 0. The highest BCUT2D eigenvalue weighted by atomic mass is 19.1. The van der Waals surface area contributed by atoms with Crippen molar-refractivity contribution >= 4 is 17.5 Å². The van der Waals surface area contributed by atoms with Crippen molar-refractivity contribution < 1.29 is 14.0 Å². The Morgan fingerprint density at radius 3 is 2.56 bits per heavy atom. The van der Waals surface area contributed by atoms with Crippen LogP contribution in [-0.2, 0) is 17.8 Å². The molecule has 2 amide bonds. The molecule has 0 aromatic heterocycles. The Hall–Kier alpha value is -2.69. The van der Waals surface area contributed by atoms with Crippen molar-refractivity contribution in [2.24, 2.45) is 0 Å². The summed E-state index contributed by atoms with van der Waals surface area (Å²) in [5.74, 6) is -0.288. The molecule has 2 aromatic carbocycles. The van der Waals surface area contributed by atoms with Gasteiger partial charge in [0, 0.05) is 37.8 Å². The van der Waals surface area contributed by atoms with Gasteiger partial charge in [0.2, 0.25) is 5.91 Å². The van der Waals surface area contributed by atoms with E-state index in [9.17, 15) is 14.0 Å². The molecule has 1 aliphatic rings. The molecule has 2 aromatic rings. The highest BCUT2D eigenvalue weighted by Gasteiger charge is 2.24.